The fourth-order valence-corrected chi connectivity index (χ4v) is 2.35. The molecule has 1 heterocycles. The predicted octanol–water partition coefficient (Wildman–Crippen LogP) is 4.23. The molecule has 1 amide bonds. The molecule has 0 aliphatic heterocycles. The van der Waals surface area contributed by atoms with Gasteiger partial charge in [0, 0.05) is 25.3 Å². The normalized spacial score (nSPS) is 12.0. The monoisotopic (exact) mass is 350 g/mol. The quantitative estimate of drug-likeness (QED) is 0.897. The highest BCUT2D eigenvalue weighted by molar-refractivity contribution is 9.10. The average molecular weight is 351 g/mol. The SMILES string of the molecule is Cc1ccc(C(=O)N(C)C)cc1NC(C)c1ccc(Br)o1. The van der Waals surface area contributed by atoms with E-state index in [9.17, 15) is 4.79 Å². The van der Waals surface area contributed by atoms with Crippen molar-refractivity contribution >= 4 is 27.5 Å². The molecule has 1 unspecified atom stereocenters. The molecule has 0 spiro atoms. The zero-order valence-electron chi connectivity index (χ0n) is 12.6. The molecule has 0 fully saturated rings. The van der Waals surface area contributed by atoms with E-state index in [1.807, 2.05) is 44.2 Å². The number of carbonyl (C=O) groups is 1. The zero-order valence-corrected chi connectivity index (χ0v) is 14.2. The van der Waals surface area contributed by atoms with Crippen LogP contribution in [0.25, 0.3) is 0 Å². The molecule has 2 rings (SSSR count). The van der Waals surface area contributed by atoms with Gasteiger partial charge in [0.15, 0.2) is 4.67 Å². The highest BCUT2D eigenvalue weighted by Gasteiger charge is 2.14. The van der Waals surface area contributed by atoms with Crippen molar-refractivity contribution in [2.24, 2.45) is 0 Å². The van der Waals surface area contributed by atoms with Crippen molar-refractivity contribution in [3.05, 3.63) is 51.9 Å². The van der Waals surface area contributed by atoms with Gasteiger partial charge >= 0.3 is 0 Å². The van der Waals surface area contributed by atoms with E-state index >= 15 is 0 Å². The molecule has 1 aromatic heterocycles. The van der Waals surface area contributed by atoms with Gasteiger partial charge in [-0.15, -0.1) is 0 Å². The van der Waals surface area contributed by atoms with Crippen molar-refractivity contribution in [3.63, 3.8) is 0 Å². The standard InChI is InChI=1S/C16H19BrN2O2/c1-10-5-6-12(16(20)19(3)4)9-13(10)18-11(2)14-7-8-15(17)21-14/h5-9,11,18H,1-4H3. The van der Waals surface area contributed by atoms with Crippen LogP contribution in [0.1, 0.15) is 34.6 Å². The Hall–Kier alpha value is -1.75. The van der Waals surface area contributed by atoms with E-state index in [0.717, 1.165) is 17.0 Å². The lowest BCUT2D eigenvalue weighted by atomic mass is 10.1. The third-order valence-corrected chi connectivity index (χ3v) is 3.71. The lowest BCUT2D eigenvalue weighted by Gasteiger charge is -2.17. The van der Waals surface area contributed by atoms with Gasteiger partial charge in [-0.1, -0.05) is 6.07 Å². The second-order valence-electron chi connectivity index (χ2n) is 5.24. The lowest BCUT2D eigenvalue weighted by Crippen LogP contribution is -2.21. The molecule has 0 aliphatic rings. The number of benzene rings is 1. The topological polar surface area (TPSA) is 45.5 Å². The van der Waals surface area contributed by atoms with E-state index in [-0.39, 0.29) is 11.9 Å². The van der Waals surface area contributed by atoms with Gasteiger partial charge in [0.25, 0.3) is 5.91 Å². The summed E-state index contributed by atoms with van der Waals surface area (Å²) in [7, 11) is 3.50. The van der Waals surface area contributed by atoms with Crippen LogP contribution in [0.3, 0.4) is 0 Å². The van der Waals surface area contributed by atoms with Crippen LogP contribution in [0.2, 0.25) is 0 Å². The van der Waals surface area contributed by atoms with Gasteiger partial charge in [-0.3, -0.25) is 4.79 Å². The highest BCUT2D eigenvalue weighted by atomic mass is 79.9. The van der Waals surface area contributed by atoms with Gasteiger partial charge in [0.2, 0.25) is 0 Å². The number of rotatable bonds is 4. The number of halogens is 1. The summed E-state index contributed by atoms with van der Waals surface area (Å²) in [6, 6.07) is 9.48. The number of carbonyl (C=O) groups excluding carboxylic acids is 1. The Morgan fingerprint density at radius 1 is 1.29 bits per heavy atom. The number of nitrogens with zero attached hydrogens (tertiary/aromatic N) is 1. The van der Waals surface area contributed by atoms with Crippen molar-refractivity contribution < 1.29 is 9.21 Å². The second-order valence-corrected chi connectivity index (χ2v) is 6.02. The Kier molecular flexibility index (Phi) is 4.73. The number of amides is 1. The van der Waals surface area contributed by atoms with Gasteiger partial charge < -0.3 is 14.6 Å². The second kappa shape index (κ2) is 6.35. The summed E-state index contributed by atoms with van der Waals surface area (Å²) < 4.78 is 6.26. The third-order valence-electron chi connectivity index (χ3n) is 3.28. The summed E-state index contributed by atoms with van der Waals surface area (Å²) in [6.07, 6.45) is 0. The Morgan fingerprint density at radius 3 is 2.57 bits per heavy atom. The smallest absolute Gasteiger partial charge is 0.253 e. The minimum absolute atomic E-state index is 0.00792. The molecule has 21 heavy (non-hydrogen) atoms. The van der Waals surface area contributed by atoms with Crippen LogP contribution in [0.15, 0.2) is 39.4 Å². The highest BCUT2D eigenvalue weighted by Crippen LogP contribution is 2.26. The first-order chi connectivity index (χ1) is 9.88. The van der Waals surface area contributed by atoms with E-state index in [1.165, 1.54) is 0 Å². The van der Waals surface area contributed by atoms with E-state index in [4.69, 9.17) is 4.42 Å². The number of furan rings is 1. The lowest BCUT2D eigenvalue weighted by molar-refractivity contribution is 0.0827. The van der Waals surface area contributed by atoms with Crippen molar-refractivity contribution in [1.82, 2.24) is 4.90 Å². The van der Waals surface area contributed by atoms with Crippen LogP contribution >= 0.6 is 15.9 Å². The van der Waals surface area contributed by atoms with Crippen molar-refractivity contribution in [3.8, 4) is 0 Å². The maximum Gasteiger partial charge on any atom is 0.253 e. The average Bonchev–Trinajstić information content (AvgIpc) is 2.87. The molecule has 2 aromatic rings. The molecular formula is C16H19BrN2O2. The minimum atomic E-state index is -0.00792. The van der Waals surface area contributed by atoms with Crippen LogP contribution in [-0.2, 0) is 0 Å². The van der Waals surface area contributed by atoms with Crippen LogP contribution in [0.4, 0.5) is 5.69 Å². The van der Waals surface area contributed by atoms with Crippen LogP contribution in [-0.4, -0.2) is 24.9 Å². The summed E-state index contributed by atoms with van der Waals surface area (Å²) in [5, 5.41) is 3.39. The Labute approximate surface area is 133 Å². The Balaban J connectivity index is 2.23. The molecular weight excluding hydrogens is 332 g/mol. The summed E-state index contributed by atoms with van der Waals surface area (Å²) >= 11 is 3.30. The Morgan fingerprint density at radius 2 is 2.00 bits per heavy atom. The fraction of sp³-hybridized carbons (Fsp3) is 0.312. The first-order valence-corrected chi connectivity index (χ1v) is 7.52. The molecule has 0 aliphatic carbocycles. The van der Waals surface area contributed by atoms with E-state index in [1.54, 1.807) is 19.0 Å². The van der Waals surface area contributed by atoms with Gasteiger partial charge in [0.1, 0.15) is 5.76 Å². The largest absolute Gasteiger partial charge is 0.452 e. The maximum atomic E-state index is 12.0. The van der Waals surface area contributed by atoms with Crippen LogP contribution < -0.4 is 5.32 Å². The summed E-state index contributed by atoms with van der Waals surface area (Å²) in [4.78, 5) is 13.6. The van der Waals surface area contributed by atoms with Gasteiger partial charge in [-0.2, -0.15) is 0 Å². The number of nitrogens with one attached hydrogen (secondary N) is 1. The van der Waals surface area contributed by atoms with Gasteiger partial charge in [-0.05, 0) is 59.6 Å². The van der Waals surface area contributed by atoms with Crippen molar-refractivity contribution in [2.45, 2.75) is 19.9 Å². The molecule has 112 valence electrons. The third kappa shape index (κ3) is 3.67. The first-order valence-electron chi connectivity index (χ1n) is 6.72. The van der Waals surface area contributed by atoms with Gasteiger partial charge in [-0.25, -0.2) is 0 Å². The van der Waals surface area contributed by atoms with E-state index < -0.39 is 0 Å². The van der Waals surface area contributed by atoms with Crippen molar-refractivity contribution in [2.75, 3.05) is 19.4 Å². The summed E-state index contributed by atoms with van der Waals surface area (Å²) in [6.45, 7) is 4.03. The molecule has 0 radical (unpaired) electrons. The molecule has 0 saturated heterocycles. The number of anilines is 1. The summed E-state index contributed by atoms with van der Waals surface area (Å²) in [5.74, 6) is 0.831. The number of hydrogen-bond donors (Lipinski definition) is 1. The van der Waals surface area contributed by atoms with Gasteiger partial charge in [0.05, 0.1) is 6.04 Å². The van der Waals surface area contributed by atoms with Crippen molar-refractivity contribution in [1.29, 1.82) is 0 Å². The fourth-order valence-electron chi connectivity index (χ4n) is 2.03. The van der Waals surface area contributed by atoms with E-state index in [0.29, 0.717) is 10.2 Å². The summed E-state index contributed by atoms with van der Waals surface area (Å²) in [5.41, 5.74) is 2.69. The number of aryl methyl sites for hydroxylation is 1. The first kappa shape index (κ1) is 15.6. The maximum absolute atomic E-state index is 12.0. The molecule has 1 N–H and O–H groups in total. The molecule has 4 nitrogen and oxygen atoms in total. The molecule has 1 atom stereocenters. The molecule has 1 aromatic carbocycles. The molecule has 5 heteroatoms. The predicted molar refractivity (Wildman–Crippen MR) is 87.6 cm³/mol. The molecule has 0 bridgehead atoms. The van der Waals surface area contributed by atoms with E-state index in [2.05, 4.69) is 21.2 Å². The zero-order chi connectivity index (χ0) is 15.6. The van der Waals surface area contributed by atoms with Crippen LogP contribution in [0.5, 0.6) is 0 Å². The number of hydrogen-bond acceptors (Lipinski definition) is 3. The minimum Gasteiger partial charge on any atom is -0.452 e. The molecule has 0 saturated carbocycles. The van der Waals surface area contributed by atoms with Crippen LogP contribution in [0, 0.1) is 6.92 Å². The Bertz CT molecular complexity index is 649.